The van der Waals surface area contributed by atoms with Crippen molar-refractivity contribution in [3.8, 4) is 0 Å². The van der Waals surface area contributed by atoms with Gasteiger partial charge in [0.05, 0.1) is 38.6 Å². The lowest BCUT2D eigenvalue weighted by molar-refractivity contribution is -0.379. The zero-order valence-electron chi connectivity index (χ0n) is 54.2. The van der Waals surface area contributed by atoms with Crippen LogP contribution in [0.3, 0.4) is 0 Å². The summed E-state index contributed by atoms with van der Waals surface area (Å²) in [5, 5.41) is 120. The Morgan fingerprint density at radius 1 is 0.398 bits per heavy atom. The first-order valence-electron chi connectivity index (χ1n) is 34.9. The van der Waals surface area contributed by atoms with Crippen molar-refractivity contribution in [2.45, 2.75) is 356 Å². The van der Waals surface area contributed by atoms with E-state index in [1.54, 1.807) is 6.08 Å². The second kappa shape index (κ2) is 51.2. The van der Waals surface area contributed by atoms with Crippen LogP contribution in [-0.4, -0.2) is 193 Å². The van der Waals surface area contributed by atoms with Gasteiger partial charge < -0.3 is 89.9 Å². The third-order valence-electron chi connectivity index (χ3n) is 17.3. The van der Waals surface area contributed by atoms with Gasteiger partial charge in [0, 0.05) is 6.42 Å². The van der Waals surface area contributed by atoms with Gasteiger partial charge >= 0.3 is 0 Å². The summed E-state index contributed by atoms with van der Waals surface area (Å²) < 4.78 is 34.3. The van der Waals surface area contributed by atoms with Crippen molar-refractivity contribution in [2.24, 2.45) is 0 Å². The molecule has 3 rings (SSSR count). The average Bonchev–Trinajstić information content (AvgIpc) is 3.59. The molecule has 0 aromatic rings. The second-order valence-corrected chi connectivity index (χ2v) is 25.0. The Morgan fingerprint density at radius 3 is 1.14 bits per heavy atom. The summed E-state index contributed by atoms with van der Waals surface area (Å²) in [7, 11) is 0. The van der Waals surface area contributed by atoms with E-state index in [9.17, 15) is 61.0 Å². The van der Waals surface area contributed by atoms with E-state index in [0.29, 0.717) is 12.8 Å². The highest BCUT2D eigenvalue weighted by Crippen LogP contribution is 2.33. The number of nitrogens with one attached hydrogen (secondary N) is 1. The summed E-state index contributed by atoms with van der Waals surface area (Å²) in [6.45, 7) is 1.70. The van der Waals surface area contributed by atoms with Gasteiger partial charge in [-0.3, -0.25) is 4.79 Å². The fourth-order valence-corrected chi connectivity index (χ4v) is 11.6. The number of aliphatic hydroxyl groups is 11. The number of aliphatic hydroxyl groups excluding tert-OH is 11. The molecule has 17 unspecified atom stereocenters. The van der Waals surface area contributed by atoms with Crippen LogP contribution in [0, 0.1) is 0 Å². The van der Waals surface area contributed by atoms with Crippen molar-refractivity contribution in [3.05, 3.63) is 48.6 Å². The Hall–Kier alpha value is -2.25. The number of carbonyl (C=O) groups is 1. The minimum Gasteiger partial charge on any atom is -0.394 e. The van der Waals surface area contributed by atoms with Gasteiger partial charge in [-0.2, -0.15) is 0 Å². The Kier molecular flexibility index (Phi) is 46.5. The van der Waals surface area contributed by atoms with E-state index in [-0.39, 0.29) is 18.9 Å². The number of hydrogen-bond acceptors (Lipinski definition) is 18. The van der Waals surface area contributed by atoms with Crippen LogP contribution in [0.2, 0.25) is 0 Å². The molecule has 0 radical (unpaired) electrons. The lowest BCUT2D eigenvalue weighted by Gasteiger charge is -2.48. The van der Waals surface area contributed by atoms with Gasteiger partial charge in [0.25, 0.3) is 0 Å². The molecule has 3 saturated heterocycles. The Bertz CT molecular complexity index is 1790. The lowest BCUT2D eigenvalue weighted by atomic mass is 9.96. The minimum atomic E-state index is -1.98. The van der Waals surface area contributed by atoms with Crippen molar-refractivity contribution >= 4 is 5.91 Å². The van der Waals surface area contributed by atoms with Gasteiger partial charge in [-0.15, -0.1) is 0 Å². The summed E-state index contributed by atoms with van der Waals surface area (Å²) in [6, 6.07) is -1.00. The van der Waals surface area contributed by atoms with Crippen molar-refractivity contribution in [2.75, 3.05) is 26.4 Å². The molecule has 0 aromatic heterocycles. The molecular weight excluding hydrogens is 1130 g/mol. The van der Waals surface area contributed by atoms with E-state index in [4.69, 9.17) is 28.4 Å². The van der Waals surface area contributed by atoms with E-state index in [1.165, 1.54) is 154 Å². The maximum absolute atomic E-state index is 13.4. The van der Waals surface area contributed by atoms with E-state index < -0.39 is 124 Å². The van der Waals surface area contributed by atoms with Crippen molar-refractivity contribution < 1.29 is 89.4 Å². The van der Waals surface area contributed by atoms with E-state index in [0.717, 1.165) is 64.2 Å². The summed E-state index contributed by atoms with van der Waals surface area (Å²) in [6.07, 6.45) is 33.9. The second-order valence-electron chi connectivity index (χ2n) is 25.0. The van der Waals surface area contributed by atoms with E-state index in [1.807, 2.05) is 6.08 Å². The summed E-state index contributed by atoms with van der Waals surface area (Å²) in [4.78, 5) is 13.4. The first-order valence-corrected chi connectivity index (χ1v) is 34.9. The highest BCUT2D eigenvalue weighted by Gasteiger charge is 2.53. The standard InChI is InChI=1S/C69H125NO18/c1-3-5-7-9-11-13-15-17-19-20-21-22-23-24-25-26-27-28-29-30-31-33-34-36-38-40-42-44-46-53(74)52(70-57(75)47-45-43-41-39-37-35-32-18-16-14-12-10-8-6-4-2)51-83-67-63(81)60(78)65(55(49-72)85-67)88-69-64(82)61(79)66(56(50-73)86-69)87-68-62(80)59(77)58(76)54(48-71)84-68/h18,30-32,36,38,44,46,52-56,58-69,71-74,76-82H,3-17,19-29,33-35,37,39-43,45,47-51H2,1-2H3,(H,70,75)/b31-30+,32-18-,38-36+,46-44+. The van der Waals surface area contributed by atoms with Gasteiger partial charge in [0.15, 0.2) is 18.9 Å². The number of rotatable bonds is 53. The maximum atomic E-state index is 13.4. The van der Waals surface area contributed by atoms with Gasteiger partial charge in [-0.25, -0.2) is 0 Å². The van der Waals surface area contributed by atoms with Crippen molar-refractivity contribution in [1.29, 1.82) is 0 Å². The fraction of sp³-hybridized carbons (Fsp3) is 0.870. The third-order valence-corrected chi connectivity index (χ3v) is 17.3. The molecule has 12 N–H and O–H groups in total. The predicted molar refractivity (Wildman–Crippen MR) is 342 cm³/mol. The van der Waals surface area contributed by atoms with E-state index in [2.05, 4.69) is 55.6 Å². The Morgan fingerprint density at radius 2 is 0.727 bits per heavy atom. The number of unbranched alkanes of at least 4 members (excludes halogenated alkanes) is 31. The van der Waals surface area contributed by atoms with Crippen LogP contribution in [0.25, 0.3) is 0 Å². The fourth-order valence-electron chi connectivity index (χ4n) is 11.6. The van der Waals surface area contributed by atoms with Crippen LogP contribution in [0.1, 0.15) is 251 Å². The maximum Gasteiger partial charge on any atom is 0.220 e. The number of carbonyl (C=O) groups excluding carboxylic acids is 1. The van der Waals surface area contributed by atoms with Crippen molar-refractivity contribution in [1.82, 2.24) is 5.32 Å². The first kappa shape index (κ1) is 80.0. The summed E-state index contributed by atoms with van der Waals surface area (Å²) >= 11 is 0. The Balaban J connectivity index is 1.44. The molecule has 1 amide bonds. The molecule has 19 heteroatoms. The van der Waals surface area contributed by atoms with Gasteiger partial charge in [-0.1, -0.05) is 223 Å². The molecule has 0 aliphatic carbocycles. The summed E-state index contributed by atoms with van der Waals surface area (Å²) in [5.41, 5.74) is 0. The molecule has 3 aliphatic heterocycles. The molecule has 3 fully saturated rings. The monoisotopic (exact) mass is 1260 g/mol. The number of amides is 1. The zero-order chi connectivity index (χ0) is 64.0. The van der Waals surface area contributed by atoms with Crippen LogP contribution in [0.15, 0.2) is 48.6 Å². The molecule has 3 heterocycles. The molecule has 3 aliphatic rings. The zero-order valence-corrected chi connectivity index (χ0v) is 54.2. The van der Waals surface area contributed by atoms with Crippen LogP contribution in [0.5, 0.6) is 0 Å². The van der Waals surface area contributed by atoms with E-state index >= 15 is 0 Å². The minimum absolute atomic E-state index is 0.221. The number of hydrogen-bond donors (Lipinski definition) is 12. The number of ether oxygens (including phenoxy) is 6. The van der Waals surface area contributed by atoms with Crippen molar-refractivity contribution in [3.63, 3.8) is 0 Å². The highest BCUT2D eigenvalue weighted by molar-refractivity contribution is 5.76. The van der Waals surface area contributed by atoms with Gasteiger partial charge in [-0.05, 0) is 70.6 Å². The molecule has 0 saturated carbocycles. The molecule has 88 heavy (non-hydrogen) atoms. The Labute approximate surface area is 529 Å². The third kappa shape index (κ3) is 33.0. The normalized spacial score (nSPS) is 28.7. The predicted octanol–water partition coefficient (Wildman–Crippen LogP) is 9.00. The topological polar surface area (TPSA) is 307 Å². The molecule has 0 aromatic carbocycles. The average molecular weight is 1260 g/mol. The van der Waals surface area contributed by atoms with Crippen LogP contribution < -0.4 is 5.32 Å². The highest BCUT2D eigenvalue weighted by atomic mass is 16.8. The largest absolute Gasteiger partial charge is 0.394 e. The smallest absolute Gasteiger partial charge is 0.220 e. The lowest BCUT2D eigenvalue weighted by Crippen LogP contribution is -2.66. The SMILES string of the molecule is CCCCCCCC/C=C\CCCCCCCC(=O)NC(COC1OC(CO)C(OC2OC(CO)C(OC3OC(CO)C(O)C(O)C3O)C(O)C2O)C(O)C1O)C(O)/C=C/CC/C=C/CC/C=C/CCCCCCCCCCCCCCCCCCCC. The molecule has 19 nitrogen and oxygen atoms in total. The van der Waals surface area contributed by atoms with Crippen LogP contribution >= 0.6 is 0 Å². The molecular formula is C69H125NO18. The molecule has 17 atom stereocenters. The molecule has 514 valence electrons. The van der Waals surface area contributed by atoms with Crippen LogP contribution in [0.4, 0.5) is 0 Å². The first-order chi connectivity index (χ1) is 42.8. The number of allylic oxidation sites excluding steroid dienone is 7. The van der Waals surface area contributed by atoms with Gasteiger partial charge in [0.1, 0.15) is 73.2 Å². The summed E-state index contributed by atoms with van der Waals surface area (Å²) in [5.74, 6) is -0.298. The van der Waals surface area contributed by atoms with Crippen LogP contribution in [-0.2, 0) is 33.2 Å². The molecule has 0 spiro atoms. The quantitative estimate of drug-likeness (QED) is 0.0200. The molecule has 0 bridgehead atoms. The van der Waals surface area contributed by atoms with Gasteiger partial charge in [0.2, 0.25) is 5.91 Å².